The highest BCUT2D eigenvalue weighted by Gasteiger charge is 2.19. The number of ether oxygens (including phenoxy) is 1. The second-order valence-electron chi connectivity index (χ2n) is 2.72. The molecular weight excluding hydrogens is 310 g/mol. The van der Waals surface area contributed by atoms with Crippen LogP contribution in [0.1, 0.15) is 20.3 Å². The van der Waals surface area contributed by atoms with E-state index in [9.17, 15) is 0 Å². The van der Waals surface area contributed by atoms with Gasteiger partial charge in [-0.2, -0.15) is 0 Å². The van der Waals surface area contributed by atoms with E-state index in [2.05, 4.69) is 36.4 Å². The van der Waals surface area contributed by atoms with E-state index in [0.717, 1.165) is 6.42 Å². The molecule has 0 fully saturated rings. The Bertz CT molecular complexity index is 113. The second kappa shape index (κ2) is 7.65. The van der Waals surface area contributed by atoms with Crippen molar-refractivity contribution in [3.63, 3.8) is 0 Å². The molecule has 0 amide bonds. The Balaban J connectivity index is 3.81. The molecule has 4 heteroatoms. The lowest BCUT2D eigenvalue weighted by Gasteiger charge is -2.22. The van der Waals surface area contributed by atoms with E-state index in [1.54, 1.807) is 0 Å². The van der Waals surface area contributed by atoms with Gasteiger partial charge in [-0.05, 0) is 13.3 Å². The van der Waals surface area contributed by atoms with E-state index in [1.165, 1.54) is 0 Å². The molecular formula is C8H15Cl2IO. The molecule has 3 atom stereocenters. The maximum absolute atomic E-state index is 5.75. The molecule has 0 rings (SSSR count). The fourth-order valence-corrected chi connectivity index (χ4v) is 1.92. The Kier molecular flexibility index (Phi) is 8.46. The van der Waals surface area contributed by atoms with Crippen LogP contribution in [0.3, 0.4) is 0 Å². The van der Waals surface area contributed by atoms with Crippen molar-refractivity contribution in [2.24, 2.45) is 0 Å². The average Bonchev–Trinajstić information content (AvgIpc) is 2.12. The normalized spacial score (nSPS) is 18.8. The van der Waals surface area contributed by atoms with Crippen molar-refractivity contribution in [2.75, 3.05) is 11.8 Å². The van der Waals surface area contributed by atoms with Gasteiger partial charge >= 0.3 is 0 Å². The molecule has 0 aromatic carbocycles. The van der Waals surface area contributed by atoms with Crippen LogP contribution in [0.25, 0.3) is 0 Å². The number of halogens is 3. The van der Waals surface area contributed by atoms with Gasteiger partial charge in [-0.15, -0.1) is 23.2 Å². The Morgan fingerprint density at radius 3 is 2.25 bits per heavy atom. The maximum Gasteiger partial charge on any atom is 0.0842 e. The van der Waals surface area contributed by atoms with Gasteiger partial charge in [0.15, 0.2) is 0 Å². The summed E-state index contributed by atoms with van der Waals surface area (Å²) in [6.45, 7) is 4.15. The summed E-state index contributed by atoms with van der Waals surface area (Å²) in [5, 5.41) is 0. The molecule has 0 spiro atoms. The smallest absolute Gasteiger partial charge is 0.0842 e. The number of hydrogen-bond acceptors (Lipinski definition) is 1. The van der Waals surface area contributed by atoms with E-state index in [0.29, 0.717) is 15.7 Å². The van der Waals surface area contributed by atoms with E-state index >= 15 is 0 Å². The van der Waals surface area contributed by atoms with E-state index < -0.39 is 0 Å². The summed E-state index contributed by atoms with van der Waals surface area (Å²) in [6, 6.07) is 0. The van der Waals surface area contributed by atoms with Gasteiger partial charge < -0.3 is 4.74 Å². The number of alkyl halides is 3. The van der Waals surface area contributed by atoms with Crippen LogP contribution < -0.4 is 0 Å². The molecule has 0 aliphatic heterocycles. The molecule has 74 valence electrons. The second-order valence-corrected chi connectivity index (χ2v) is 4.94. The topological polar surface area (TPSA) is 9.23 Å². The summed E-state index contributed by atoms with van der Waals surface area (Å²) in [5.41, 5.74) is 0. The first kappa shape index (κ1) is 13.3. The van der Waals surface area contributed by atoms with Crippen molar-refractivity contribution in [1.82, 2.24) is 0 Å². The van der Waals surface area contributed by atoms with Gasteiger partial charge in [0.05, 0.1) is 16.1 Å². The first-order valence-electron chi connectivity index (χ1n) is 4.07. The predicted octanol–water partition coefficient (Wildman–Crippen LogP) is 3.45. The monoisotopic (exact) mass is 324 g/mol. The summed E-state index contributed by atoms with van der Waals surface area (Å²) >= 11 is 13.7. The van der Waals surface area contributed by atoms with Crippen LogP contribution in [0, 0.1) is 0 Å². The Morgan fingerprint density at radius 1 is 1.33 bits per heavy atom. The maximum atomic E-state index is 5.75. The predicted molar refractivity (Wildman–Crippen MR) is 63.9 cm³/mol. The quantitative estimate of drug-likeness (QED) is 0.537. The third-order valence-electron chi connectivity index (χ3n) is 1.68. The highest BCUT2D eigenvalue weighted by atomic mass is 127. The lowest BCUT2D eigenvalue weighted by molar-refractivity contribution is 0.0126. The van der Waals surface area contributed by atoms with Crippen molar-refractivity contribution in [1.29, 1.82) is 0 Å². The minimum Gasteiger partial charge on any atom is -0.373 e. The Hall–Kier alpha value is 1.27. The molecule has 3 unspecified atom stereocenters. The van der Waals surface area contributed by atoms with E-state index in [1.807, 2.05) is 0 Å². The number of hydrogen-bond donors (Lipinski definition) is 0. The SMILES string of the molecule is CCC(C)OC(CCl)C(I)CCl. The van der Waals surface area contributed by atoms with Crippen molar-refractivity contribution in [3.05, 3.63) is 0 Å². The lowest BCUT2D eigenvalue weighted by atomic mass is 10.2. The van der Waals surface area contributed by atoms with Crippen LogP contribution in [-0.4, -0.2) is 27.9 Å². The molecule has 0 aliphatic rings. The molecule has 12 heavy (non-hydrogen) atoms. The van der Waals surface area contributed by atoms with Gasteiger partial charge in [-0.1, -0.05) is 29.5 Å². The van der Waals surface area contributed by atoms with Gasteiger partial charge in [0.25, 0.3) is 0 Å². The fourth-order valence-electron chi connectivity index (χ4n) is 0.712. The molecule has 0 aromatic heterocycles. The standard InChI is InChI=1S/C8H15Cl2IO/c1-3-6(2)12-8(5-10)7(11)4-9/h6-8H,3-5H2,1-2H3. The van der Waals surface area contributed by atoms with Crippen molar-refractivity contribution < 1.29 is 4.74 Å². The molecule has 0 N–H and O–H groups in total. The summed E-state index contributed by atoms with van der Waals surface area (Å²) in [7, 11) is 0. The zero-order valence-corrected chi connectivity index (χ0v) is 11.1. The van der Waals surface area contributed by atoms with Gasteiger partial charge in [0, 0.05) is 11.8 Å². The minimum atomic E-state index is 0.0831. The third-order valence-corrected chi connectivity index (χ3v) is 4.08. The highest BCUT2D eigenvalue weighted by Crippen LogP contribution is 2.16. The summed E-state index contributed by atoms with van der Waals surface area (Å²) in [6.07, 6.45) is 1.37. The van der Waals surface area contributed by atoms with Gasteiger partial charge in [0.1, 0.15) is 0 Å². The van der Waals surface area contributed by atoms with Crippen LogP contribution in [0.15, 0.2) is 0 Å². The Labute approximate surface area is 98.3 Å². The third kappa shape index (κ3) is 5.10. The minimum absolute atomic E-state index is 0.0831. The largest absolute Gasteiger partial charge is 0.373 e. The molecule has 0 aliphatic carbocycles. The summed E-state index contributed by atoms with van der Waals surface area (Å²) < 4.78 is 5.98. The molecule has 0 saturated carbocycles. The van der Waals surface area contributed by atoms with Crippen LogP contribution in [0.2, 0.25) is 0 Å². The van der Waals surface area contributed by atoms with Crippen molar-refractivity contribution >= 4 is 45.8 Å². The molecule has 1 nitrogen and oxygen atoms in total. The first-order chi connectivity index (χ1) is 5.65. The fraction of sp³-hybridized carbons (Fsp3) is 1.00. The highest BCUT2D eigenvalue weighted by molar-refractivity contribution is 14.1. The summed E-state index contributed by atoms with van der Waals surface area (Å²) in [4.78, 5) is 0. The van der Waals surface area contributed by atoms with Gasteiger partial charge in [0.2, 0.25) is 0 Å². The summed E-state index contributed by atoms with van der Waals surface area (Å²) in [5.74, 6) is 1.11. The zero-order chi connectivity index (χ0) is 9.56. The molecule has 0 aromatic rings. The molecule has 0 saturated heterocycles. The zero-order valence-electron chi connectivity index (χ0n) is 7.40. The average molecular weight is 325 g/mol. The van der Waals surface area contributed by atoms with E-state index in [-0.39, 0.29) is 12.2 Å². The van der Waals surface area contributed by atoms with Crippen LogP contribution in [0.4, 0.5) is 0 Å². The van der Waals surface area contributed by atoms with Crippen molar-refractivity contribution in [3.8, 4) is 0 Å². The van der Waals surface area contributed by atoms with Gasteiger partial charge in [-0.3, -0.25) is 0 Å². The van der Waals surface area contributed by atoms with Gasteiger partial charge in [-0.25, -0.2) is 0 Å². The molecule has 0 bridgehead atoms. The number of rotatable bonds is 6. The lowest BCUT2D eigenvalue weighted by Crippen LogP contribution is -2.30. The molecule has 0 heterocycles. The van der Waals surface area contributed by atoms with Crippen molar-refractivity contribution in [2.45, 2.75) is 36.4 Å². The van der Waals surface area contributed by atoms with E-state index in [4.69, 9.17) is 27.9 Å². The first-order valence-corrected chi connectivity index (χ1v) is 6.38. The Morgan fingerprint density at radius 2 is 1.92 bits per heavy atom. The molecule has 0 radical (unpaired) electrons. The van der Waals surface area contributed by atoms with Crippen LogP contribution in [0.5, 0.6) is 0 Å². The van der Waals surface area contributed by atoms with Crippen LogP contribution in [-0.2, 0) is 4.74 Å². The van der Waals surface area contributed by atoms with Crippen LogP contribution >= 0.6 is 45.8 Å².